The Morgan fingerprint density at radius 1 is 1.22 bits per heavy atom. The van der Waals surface area contributed by atoms with Gasteiger partial charge in [-0.1, -0.05) is 5.16 Å². The minimum absolute atomic E-state index is 0.338. The van der Waals surface area contributed by atoms with Crippen LogP contribution in [0.3, 0.4) is 0 Å². The first kappa shape index (κ1) is 10.9. The summed E-state index contributed by atoms with van der Waals surface area (Å²) in [5.41, 5.74) is 0. The third-order valence-corrected chi connectivity index (χ3v) is 4.54. The van der Waals surface area contributed by atoms with Crippen molar-refractivity contribution >= 4 is 0 Å². The lowest BCUT2D eigenvalue weighted by molar-refractivity contribution is 0.0996. The highest BCUT2D eigenvalue weighted by Crippen LogP contribution is 2.43. The van der Waals surface area contributed by atoms with E-state index in [-0.39, 0.29) is 0 Å². The SMILES string of the molecule is C1CNC[C@H](c2nc(C3CC4CCC3O4)no2)C1. The highest BCUT2D eigenvalue weighted by atomic mass is 16.5. The first-order chi connectivity index (χ1) is 8.90. The molecule has 1 N–H and O–H groups in total. The molecule has 4 atom stereocenters. The minimum atomic E-state index is 0.338. The van der Waals surface area contributed by atoms with E-state index in [1.807, 2.05) is 0 Å². The maximum atomic E-state index is 5.86. The van der Waals surface area contributed by atoms with Crippen molar-refractivity contribution in [2.45, 2.75) is 56.1 Å². The first-order valence-electron chi connectivity index (χ1n) is 7.10. The van der Waals surface area contributed by atoms with Crippen molar-refractivity contribution in [2.75, 3.05) is 13.1 Å². The van der Waals surface area contributed by atoms with Crippen LogP contribution >= 0.6 is 0 Å². The molecule has 0 saturated carbocycles. The van der Waals surface area contributed by atoms with Gasteiger partial charge in [-0.3, -0.25) is 0 Å². The molecule has 1 aromatic heterocycles. The van der Waals surface area contributed by atoms with Gasteiger partial charge in [0.05, 0.1) is 24.0 Å². The largest absolute Gasteiger partial charge is 0.374 e. The Morgan fingerprint density at radius 3 is 2.94 bits per heavy atom. The van der Waals surface area contributed by atoms with E-state index in [1.165, 1.54) is 12.8 Å². The standard InChI is InChI=1S/C13H19N3O2/c1-2-8(7-14-5-1)13-15-12(16-18-13)10-6-9-3-4-11(10)17-9/h8-11,14H,1-7H2/t8-,9?,10?,11?/m1/s1. The van der Waals surface area contributed by atoms with Crippen molar-refractivity contribution in [3.8, 4) is 0 Å². The molecular weight excluding hydrogens is 230 g/mol. The smallest absolute Gasteiger partial charge is 0.231 e. The predicted molar refractivity (Wildman–Crippen MR) is 64.4 cm³/mol. The minimum Gasteiger partial charge on any atom is -0.374 e. The molecule has 3 unspecified atom stereocenters. The molecule has 4 rings (SSSR count). The van der Waals surface area contributed by atoms with Crippen LogP contribution in [0.15, 0.2) is 4.52 Å². The van der Waals surface area contributed by atoms with Crippen LogP contribution in [0.1, 0.15) is 55.7 Å². The lowest BCUT2D eigenvalue weighted by atomic mass is 9.89. The molecule has 2 bridgehead atoms. The fourth-order valence-electron chi connectivity index (χ4n) is 3.54. The van der Waals surface area contributed by atoms with Gasteiger partial charge in [0.1, 0.15) is 0 Å². The van der Waals surface area contributed by atoms with Crippen LogP contribution < -0.4 is 5.32 Å². The van der Waals surface area contributed by atoms with Gasteiger partial charge in [-0.15, -0.1) is 0 Å². The summed E-state index contributed by atoms with van der Waals surface area (Å²) < 4.78 is 11.3. The maximum absolute atomic E-state index is 5.86. The molecule has 3 fully saturated rings. The molecule has 0 amide bonds. The van der Waals surface area contributed by atoms with Gasteiger partial charge < -0.3 is 14.6 Å². The monoisotopic (exact) mass is 249 g/mol. The fourth-order valence-corrected chi connectivity index (χ4v) is 3.54. The molecule has 3 aliphatic rings. The number of ether oxygens (including phenoxy) is 1. The average Bonchev–Trinajstić information content (AvgIpc) is 3.15. The molecule has 3 saturated heterocycles. The van der Waals surface area contributed by atoms with Gasteiger partial charge >= 0.3 is 0 Å². The summed E-state index contributed by atoms with van der Waals surface area (Å²) in [6, 6.07) is 0. The molecule has 5 heteroatoms. The summed E-state index contributed by atoms with van der Waals surface area (Å²) in [7, 11) is 0. The molecule has 0 spiro atoms. The predicted octanol–water partition coefficient (Wildman–Crippen LogP) is 1.57. The van der Waals surface area contributed by atoms with E-state index >= 15 is 0 Å². The number of piperidine rings is 1. The quantitative estimate of drug-likeness (QED) is 0.862. The van der Waals surface area contributed by atoms with Crippen molar-refractivity contribution in [1.29, 1.82) is 0 Å². The van der Waals surface area contributed by atoms with Crippen LogP contribution in [0.5, 0.6) is 0 Å². The second-order valence-electron chi connectivity index (χ2n) is 5.75. The average molecular weight is 249 g/mol. The highest BCUT2D eigenvalue weighted by Gasteiger charge is 2.43. The van der Waals surface area contributed by atoms with Crippen molar-refractivity contribution in [2.24, 2.45) is 0 Å². The van der Waals surface area contributed by atoms with Gasteiger partial charge in [0.2, 0.25) is 5.89 Å². The van der Waals surface area contributed by atoms with Crippen molar-refractivity contribution in [3.05, 3.63) is 11.7 Å². The van der Waals surface area contributed by atoms with Gasteiger partial charge in [0, 0.05) is 6.54 Å². The lowest BCUT2D eigenvalue weighted by Gasteiger charge is -2.19. The second kappa shape index (κ2) is 4.31. The summed E-state index contributed by atoms with van der Waals surface area (Å²) in [6.45, 7) is 2.08. The first-order valence-corrected chi connectivity index (χ1v) is 7.10. The molecule has 4 heterocycles. The zero-order valence-corrected chi connectivity index (χ0v) is 10.5. The van der Waals surface area contributed by atoms with E-state index in [2.05, 4.69) is 15.5 Å². The van der Waals surface area contributed by atoms with E-state index in [4.69, 9.17) is 9.26 Å². The third kappa shape index (κ3) is 1.77. The fraction of sp³-hybridized carbons (Fsp3) is 0.846. The van der Waals surface area contributed by atoms with Gasteiger partial charge in [-0.2, -0.15) is 4.98 Å². The number of hydrogen-bond donors (Lipinski definition) is 1. The van der Waals surface area contributed by atoms with Crippen LogP contribution in [0.4, 0.5) is 0 Å². The molecule has 1 aromatic rings. The Labute approximate surface area is 106 Å². The second-order valence-corrected chi connectivity index (χ2v) is 5.75. The Morgan fingerprint density at radius 2 is 2.22 bits per heavy atom. The molecule has 5 nitrogen and oxygen atoms in total. The topological polar surface area (TPSA) is 60.2 Å². The number of hydrogen-bond acceptors (Lipinski definition) is 5. The van der Waals surface area contributed by atoms with Crippen LogP contribution in [-0.2, 0) is 4.74 Å². The number of aromatic nitrogens is 2. The van der Waals surface area contributed by atoms with Crippen molar-refractivity contribution < 1.29 is 9.26 Å². The molecule has 0 aromatic carbocycles. The zero-order valence-electron chi connectivity index (χ0n) is 10.5. The Kier molecular flexibility index (Phi) is 2.62. The van der Waals surface area contributed by atoms with E-state index in [0.29, 0.717) is 24.0 Å². The van der Waals surface area contributed by atoms with Crippen LogP contribution in [0, 0.1) is 0 Å². The summed E-state index contributed by atoms with van der Waals surface area (Å²) in [6.07, 6.45) is 6.57. The van der Waals surface area contributed by atoms with E-state index in [1.54, 1.807) is 0 Å². The number of rotatable bonds is 2. The lowest BCUT2D eigenvalue weighted by Crippen LogP contribution is -2.28. The molecular formula is C13H19N3O2. The summed E-state index contributed by atoms with van der Waals surface area (Å²) in [4.78, 5) is 4.64. The Balaban J connectivity index is 1.51. The van der Waals surface area contributed by atoms with Gasteiger partial charge in [0.25, 0.3) is 0 Å². The van der Waals surface area contributed by atoms with Gasteiger partial charge in [0.15, 0.2) is 5.82 Å². The number of nitrogens with zero attached hydrogens (tertiary/aromatic N) is 2. The van der Waals surface area contributed by atoms with Crippen LogP contribution in [0.2, 0.25) is 0 Å². The molecule has 0 radical (unpaired) electrons. The summed E-state index contributed by atoms with van der Waals surface area (Å²) in [5.74, 6) is 2.47. The van der Waals surface area contributed by atoms with Gasteiger partial charge in [-0.25, -0.2) is 0 Å². The molecule has 98 valence electrons. The molecule has 0 aliphatic carbocycles. The Hall–Kier alpha value is -0.940. The van der Waals surface area contributed by atoms with Crippen LogP contribution in [-0.4, -0.2) is 35.4 Å². The van der Waals surface area contributed by atoms with Crippen molar-refractivity contribution in [1.82, 2.24) is 15.5 Å². The molecule has 3 aliphatic heterocycles. The zero-order chi connectivity index (χ0) is 11.9. The number of fused-ring (bicyclic) bond motifs is 2. The molecule has 18 heavy (non-hydrogen) atoms. The van der Waals surface area contributed by atoms with Crippen molar-refractivity contribution in [3.63, 3.8) is 0 Å². The highest BCUT2D eigenvalue weighted by molar-refractivity contribution is 5.08. The van der Waals surface area contributed by atoms with Crippen LogP contribution in [0.25, 0.3) is 0 Å². The van der Waals surface area contributed by atoms with E-state index < -0.39 is 0 Å². The number of nitrogens with one attached hydrogen (secondary N) is 1. The summed E-state index contributed by atoms with van der Waals surface area (Å²) in [5, 5.41) is 7.58. The van der Waals surface area contributed by atoms with E-state index in [9.17, 15) is 0 Å². The third-order valence-electron chi connectivity index (χ3n) is 4.54. The summed E-state index contributed by atoms with van der Waals surface area (Å²) >= 11 is 0. The maximum Gasteiger partial charge on any atom is 0.231 e. The van der Waals surface area contributed by atoms with E-state index in [0.717, 1.165) is 44.1 Å². The Bertz CT molecular complexity index is 428. The van der Waals surface area contributed by atoms with Gasteiger partial charge in [-0.05, 0) is 38.6 Å². The normalized spacial score (nSPS) is 39.3.